The van der Waals surface area contributed by atoms with Gasteiger partial charge in [-0.1, -0.05) is 50.2 Å². The van der Waals surface area contributed by atoms with E-state index in [4.69, 9.17) is 4.74 Å². The van der Waals surface area contributed by atoms with Crippen LogP contribution in [0.1, 0.15) is 71.2 Å². The van der Waals surface area contributed by atoms with Crippen molar-refractivity contribution in [3.63, 3.8) is 0 Å². The van der Waals surface area contributed by atoms with Gasteiger partial charge < -0.3 is 20.3 Å². The third-order valence-electron chi connectivity index (χ3n) is 6.19. The van der Waals surface area contributed by atoms with Gasteiger partial charge in [-0.3, -0.25) is 14.6 Å². The number of likely N-dealkylation sites (tertiary alicyclic amines) is 1. The first kappa shape index (κ1) is 28.2. The molecule has 8 heteroatoms. The van der Waals surface area contributed by atoms with Gasteiger partial charge in [-0.05, 0) is 63.6 Å². The molecule has 3 amide bonds. The summed E-state index contributed by atoms with van der Waals surface area (Å²) in [6.07, 6.45) is 3.39. The zero-order valence-electron chi connectivity index (χ0n) is 22.6. The highest BCUT2D eigenvalue weighted by Gasteiger charge is 2.39. The van der Waals surface area contributed by atoms with Gasteiger partial charge in [-0.15, -0.1) is 0 Å². The van der Waals surface area contributed by atoms with E-state index in [1.165, 1.54) is 0 Å². The largest absolute Gasteiger partial charge is 0.444 e. The number of carbonyl (C=O) groups is 3. The number of ether oxygens (including phenoxy) is 1. The van der Waals surface area contributed by atoms with Crippen LogP contribution in [0.4, 0.5) is 4.79 Å². The molecule has 2 N–H and O–H groups in total. The molecule has 2 aromatic rings. The van der Waals surface area contributed by atoms with E-state index in [0.717, 1.165) is 17.7 Å². The van der Waals surface area contributed by atoms with Gasteiger partial charge in [0, 0.05) is 24.9 Å². The summed E-state index contributed by atoms with van der Waals surface area (Å²) in [4.78, 5) is 45.7. The fourth-order valence-corrected chi connectivity index (χ4v) is 4.58. The maximum atomic E-state index is 13.6. The lowest BCUT2D eigenvalue weighted by Gasteiger charge is -2.31. The van der Waals surface area contributed by atoms with Crippen LogP contribution in [0.15, 0.2) is 54.7 Å². The summed E-state index contributed by atoms with van der Waals surface area (Å²) in [6, 6.07) is 13.9. The van der Waals surface area contributed by atoms with Gasteiger partial charge in [0.15, 0.2) is 0 Å². The maximum Gasteiger partial charge on any atom is 0.408 e. The average molecular weight is 509 g/mol. The molecule has 8 nitrogen and oxygen atoms in total. The highest BCUT2D eigenvalue weighted by atomic mass is 16.6. The van der Waals surface area contributed by atoms with E-state index in [1.54, 1.807) is 31.9 Å². The smallest absolute Gasteiger partial charge is 0.408 e. The Morgan fingerprint density at radius 1 is 1.05 bits per heavy atom. The number of pyridine rings is 1. The van der Waals surface area contributed by atoms with E-state index in [-0.39, 0.29) is 23.8 Å². The Morgan fingerprint density at radius 3 is 2.38 bits per heavy atom. The Hall–Kier alpha value is -3.42. The molecule has 3 unspecified atom stereocenters. The molecule has 1 aromatic carbocycles. The van der Waals surface area contributed by atoms with Crippen LogP contribution < -0.4 is 10.6 Å². The van der Waals surface area contributed by atoms with E-state index < -0.39 is 23.8 Å². The summed E-state index contributed by atoms with van der Waals surface area (Å²) in [5.74, 6) is -0.283. The van der Waals surface area contributed by atoms with Crippen molar-refractivity contribution in [2.45, 2.75) is 84.0 Å². The monoisotopic (exact) mass is 508 g/mol. The van der Waals surface area contributed by atoms with Crippen LogP contribution >= 0.6 is 0 Å². The number of rotatable bonds is 9. The van der Waals surface area contributed by atoms with Crippen molar-refractivity contribution in [2.75, 3.05) is 6.54 Å². The Kier molecular flexibility index (Phi) is 9.66. The van der Waals surface area contributed by atoms with Crippen LogP contribution in [0.5, 0.6) is 0 Å². The standard InChI is InChI=1S/C29H40N4O4/c1-20(2)18-24(32-28(36)37-29(3,4)5)27(35)33-17-11-15-25(33)26(34)31-23(21-12-7-6-8-13-21)19-22-14-9-10-16-30-22/h6-10,12-14,16,20,23-25H,11,15,17-19H2,1-5H3,(H,31,34)(H,32,36). The third-order valence-corrected chi connectivity index (χ3v) is 6.19. The molecule has 37 heavy (non-hydrogen) atoms. The fraction of sp³-hybridized carbons (Fsp3) is 0.517. The summed E-state index contributed by atoms with van der Waals surface area (Å²) in [5, 5.41) is 5.92. The second-order valence-corrected chi connectivity index (χ2v) is 11.0. The molecule has 1 aliphatic rings. The first-order chi connectivity index (χ1) is 17.5. The molecular weight excluding hydrogens is 468 g/mol. The van der Waals surface area contributed by atoms with Crippen molar-refractivity contribution < 1.29 is 19.1 Å². The van der Waals surface area contributed by atoms with E-state index in [2.05, 4.69) is 15.6 Å². The van der Waals surface area contributed by atoms with E-state index >= 15 is 0 Å². The molecule has 1 aliphatic heterocycles. The number of hydrogen-bond acceptors (Lipinski definition) is 5. The van der Waals surface area contributed by atoms with Crippen LogP contribution in [0.2, 0.25) is 0 Å². The van der Waals surface area contributed by atoms with Crippen molar-refractivity contribution in [2.24, 2.45) is 5.92 Å². The number of benzene rings is 1. The summed E-state index contributed by atoms with van der Waals surface area (Å²) in [6.45, 7) is 9.79. The van der Waals surface area contributed by atoms with E-state index in [9.17, 15) is 14.4 Å². The number of aromatic nitrogens is 1. The van der Waals surface area contributed by atoms with E-state index in [0.29, 0.717) is 25.8 Å². The summed E-state index contributed by atoms with van der Waals surface area (Å²) in [5.41, 5.74) is 1.17. The van der Waals surface area contributed by atoms with Crippen molar-refractivity contribution in [1.29, 1.82) is 0 Å². The molecule has 0 bridgehead atoms. The number of amides is 3. The van der Waals surface area contributed by atoms with Crippen LogP contribution in [0.3, 0.4) is 0 Å². The van der Waals surface area contributed by atoms with Gasteiger partial charge in [-0.25, -0.2) is 4.79 Å². The number of carbonyl (C=O) groups excluding carboxylic acids is 3. The van der Waals surface area contributed by atoms with Crippen molar-refractivity contribution in [3.8, 4) is 0 Å². The number of alkyl carbamates (subject to hydrolysis) is 1. The van der Waals surface area contributed by atoms with Gasteiger partial charge >= 0.3 is 6.09 Å². The molecule has 0 spiro atoms. The van der Waals surface area contributed by atoms with Gasteiger partial charge in [0.05, 0.1) is 6.04 Å². The minimum Gasteiger partial charge on any atom is -0.444 e. The molecule has 1 aromatic heterocycles. The first-order valence-corrected chi connectivity index (χ1v) is 13.1. The SMILES string of the molecule is CC(C)CC(NC(=O)OC(C)(C)C)C(=O)N1CCCC1C(=O)NC(Cc1ccccn1)c1ccccc1. The van der Waals surface area contributed by atoms with Crippen molar-refractivity contribution in [1.82, 2.24) is 20.5 Å². The highest BCUT2D eigenvalue weighted by molar-refractivity contribution is 5.92. The maximum absolute atomic E-state index is 13.6. The zero-order valence-corrected chi connectivity index (χ0v) is 22.6. The van der Waals surface area contributed by atoms with Crippen LogP contribution in [0, 0.1) is 5.92 Å². The lowest BCUT2D eigenvalue weighted by atomic mass is 10.0. The number of hydrogen-bond donors (Lipinski definition) is 2. The molecule has 3 rings (SSSR count). The first-order valence-electron chi connectivity index (χ1n) is 13.1. The van der Waals surface area contributed by atoms with Gasteiger partial charge in [0.2, 0.25) is 11.8 Å². The quantitative estimate of drug-likeness (QED) is 0.523. The zero-order chi connectivity index (χ0) is 27.0. The second kappa shape index (κ2) is 12.7. The van der Waals surface area contributed by atoms with E-state index in [1.807, 2.05) is 62.4 Å². The van der Waals surface area contributed by atoms with Crippen LogP contribution in [0.25, 0.3) is 0 Å². The summed E-state index contributed by atoms with van der Waals surface area (Å²) in [7, 11) is 0. The molecular formula is C29H40N4O4. The van der Waals surface area contributed by atoms with Gasteiger partial charge in [0.1, 0.15) is 17.7 Å². The molecule has 0 saturated carbocycles. The highest BCUT2D eigenvalue weighted by Crippen LogP contribution is 2.23. The predicted molar refractivity (Wildman–Crippen MR) is 143 cm³/mol. The fourth-order valence-electron chi connectivity index (χ4n) is 4.58. The lowest BCUT2D eigenvalue weighted by molar-refractivity contribution is -0.140. The minimum absolute atomic E-state index is 0.166. The molecule has 1 saturated heterocycles. The Bertz CT molecular complexity index is 1040. The third kappa shape index (κ3) is 8.58. The summed E-state index contributed by atoms with van der Waals surface area (Å²) >= 11 is 0. The van der Waals surface area contributed by atoms with Crippen LogP contribution in [-0.4, -0.2) is 52.0 Å². The normalized spacial score (nSPS) is 17.2. The minimum atomic E-state index is -0.762. The Labute approximate surface area is 220 Å². The topological polar surface area (TPSA) is 101 Å². The van der Waals surface area contributed by atoms with Gasteiger partial charge in [0.25, 0.3) is 0 Å². The summed E-state index contributed by atoms with van der Waals surface area (Å²) < 4.78 is 5.39. The Balaban J connectivity index is 1.75. The van der Waals surface area contributed by atoms with Crippen molar-refractivity contribution >= 4 is 17.9 Å². The molecule has 2 heterocycles. The number of nitrogens with zero attached hydrogens (tertiary/aromatic N) is 2. The Morgan fingerprint density at radius 2 is 1.76 bits per heavy atom. The lowest BCUT2D eigenvalue weighted by Crippen LogP contribution is -2.54. The molecule has 3 atom stereocenters. The van der Waals surface area contributed by atoms with Crippen molar-refractivity contribution in [3.05, 3.63) is 66.0 Å². The molecule has 200 valence electrons. The number of nitrogens with one attached hydrogen (secondary N) is 2. The average Bonchev–Trinajstić information content (AvgIpc) is 3.33. The predicted octanol–water partition coefficient (Wildman–Crippen LogP) is 4.41. The second-order valence-electron chi connectivity index (χ2n) is 11.0. The molecule has 0 aliphatic carbocycles. The molecule has 0 radical (unpaired) electrons. The molecule has 1 fully saturated rings. The van der Waals surface area contributed by atoms with Gasteiger partial charge in [-0.2, -0.15) is 0 Å². The van der Waals surface area contributed by atoms with Crippen LogP contribution in [-0.2, 0) is 20.7 Å².